The molecular weight excluding hydrogens is 232 g/mol. The van der Waals surface area contributed by atoms with Crippen LogP contribution in [0.2, 0.25) is 0 Å². The Kier molecular flexibility index (Phi) is 2.64. The topological polar surface area (TPSA) is 89.4 Å². The molecule has 0 radical (unpaired) electrons. The molecule has 0 spiro atoms. The number of imidazole rings is 1. The van der Waals surface area contributed by atoms with Crippen LogP contribution < -0.4 is 0 Å². The van der Waals surface area contributed by atoms with Crippen molar-refractivity contribution in [1.29, 1.82) is 0 Å². The highest BCUT2D eigenvalue weighted by molar-refractivity contribution is 7.71. The number of nitrogens with zero attached hydrogens (tertiary/aromatic N) is 3. The van der Waals surface area contributed by atoms with Crippen molar-refractivity contribution in [3.63, 3.8) is 0 Å². The first-order valence-corrected chi connectivity index (χ1v) is 4.62. The Bertz CT molecular complexity index is 594. The summed E-state index contributed by atoms with van der Waals surface area (Å²) in [6.45, 7) is 0. The summed E-state index contributed by atoms with van der Waals surface area (Å²) in [7, 11) is 0. The number of furan rings is 1. The number of hydrogen-bond donors (Lipinski definition) is 1. The maximum absolute atomic E-state index is 10.3. The predicted molar refractivity (Wildman–Crippen MR) is 58.0 cm³/mol. The number of rotatable bonds is 3. The molecule has 8 heteroatoms. The minimum Gasteiger partial charge on any atom is -0.400 e. The Hall–Kier alpha value is -2.22. The van der Waals surface area contributed by atoms with Crippen molar-refractivity contribution < 1.29 is 9.34 Å². The zero-order valence-corrected chi connectivity index (χ0v) is 8.68. The van der Waals surface area contributed by atoms with Crippen molar-refractivity contribution in [3.8, 4) is 0 Å². The highest BCUT2D eigenvalue weighted by atomic mass is 32.1. The maximum atomic E-state index is 10.3. The first-order valence-electron chi connectivity index (χ1n) is 4.21. The van der Waals surface area contributed by atoms with Gasteiger partial charge in [-0.15, -0.1) is 0 Å². The van der Waals surface area contributed by atoms with Gasteiger partial charge in [-0.1, -0.05) is 0 Å². The first-order chi connectivity index (χ1) is 7.66. The summed E-state index contributed by atoms with van der Waals surface area (Å²) in [6, 6.07) is 2.72. The van der Waals surface area contributed by atoms with E-state index in [4.69, 9.17) is 16.6 Å². The molecule has 0 saturated carbocycles. The Morgan fingerprint density at radius 2 is 2.44 bits per heavy atom. The van der Waals surface area contributed by atoms with Gasteiger partial charge in [-0.3, -0.25) is 10.1 Å². The van der Waals surface area contributed by atoms with Crippen LogP contribution in [0, 0.1) is 14.9 Å². The first kappa shape index (κ1) is 10.3. The lowest BCUT2D eigenvalue weighted by molar-refractivity contribution is -0.402. The second-order valence-electron chi connectivity index (χ2n) is 2.79. The summed E-state index contributed by atoms with van der Waals surface area (Å²) in [6.07, 6.45) is 4.59. The quantitative estimate of drug-likeness (QED) is 0.383. The molecule has 0 fully saturated rings. The van der Waals surface area contributed by atoms with E-state index in [1.54, 1.807) is 12.4 Å². The van der Waals surface area contributed by atoms with E-state index in [1.807, 2.05) is 0 Å². The lowest BCUT2D eigenvalue weighted by atomic mass is 10.5. The molecular formula is C8H6N4O3S. The van der Waals surface area contributed by atoms with Crippen LogP contribution in [-0.2, 0) is 0 Å². The third-order valence-electron chi connectivity index (χ3n) is 1.73. The fraction of sp³-hybridized carbons (Fsp3) is 0. The average Bonchev–Trinajstić information content (AvgIpc) is 2.83. The van der Waals surface area contributed by atoms with Gasteiger partial charge in [-0.05, 0) is 18.3 Å². The van der Waals surface area contributed by atoms with E-state index < -0.39 is 4.92 Å². The monoisotopic (exact) mass is 238 g/mol. The molecule has 0 unspecified atom stereocenters. The van der Waals surface area contributed by atoms with E-state index in [9.17, 15) is 10.1 Å². The van der Waals surface area contributed by atoms with Gasteiger partial charge in [0, 0.05) is 12.4 Å². The van der Waals surface area contributed by atoms with Gasteiger partial charge in [0.05, 0.1) is 12.3 Å². The van der Waals surface area contributed by atoms with Crippen molar-refractivity contribution in [2.24, 2.45) is 5.10 Å². The SMILES string of the molecule is O=[N+]([O-])c1ccc(/C=N/n2cc[nH]c2=S)o1. The molecule has 0 bridgehead atoms. The van der Waals surface area contributed by atoms with Crippen molar-refractivity contribution in [1.82, 2.24) is 9.66 Å². The molecule has 0 aliphatic carbocycles. The summed E-state index contributed by atoms with van der Waals surface area (Å²) in [4.78, 5) is 12.5. The van der Waals surface area contributed by atoms with Gasteiger partial charge in [-0.2, -0.15) is 5.10 Å². The van der Waals surface area contributed by atoms with Crippen LogP contribution in [0.15, 0.2) is 34.0 Å². The van der Waals surface area contributed by atoms with E-state index in [0.29, 0.717) is 4.77 Å². The molecule has 82 valence electrons. The van der Waals surface area contributed by atoms with Gasteiger partial charge < -0.3 is 9.40 Å². The highest BCUT2D eigenvalue weighted by Crippen LogP contribution is 2.13. The van der Waals surface area contributed by atoms with Crippen LogP contribution in [-0.4, -0.2) is 20.8 Å². The molecule has 2 aromatic rings. The van der Waals surface area contributed by atoms with Crippen molar-refractivity contribution in [3.05, 3.63) is 45.2 Å². The fourth-order valence-electron chi connectivity index (χ4n) is 1.03. The fourth-order valence-corrected chi connectivity index (χ4v) is 1.21. The van der Waals surface area contributed by atoms with Crippen LogP contribution in [0.5, 0.6) is 0 Å². The number of aromatic amines is 1. The second-order valence-corrected chi connectivity index (χ2v) is 3.17. The zero-order valence-electron chi connectivity index (χ0n) is 7.86. The molecule has 0 amide bonds. The van der Waals surface area contributed by atoms with Gasteiger partial charge in [0.25, 0.3) is 0 Å². The minimum atomic E-state index is -0.612. The second kappa shape index (κ2) is 4.11. The number of H-pyrrole nitrogens is 1. The van der Waals surface area contributed by atoms with Gasteiger partial charge >= 0.3 is 5.88 Å². The standard InChI is InChI=1S/C8H6N4O3S/c13-12(14)7-2-1-6(15-7)5-10-11-4-3-9-8(11)16/h1-5H,(H,9,16)/b10-5+. The van der Waals surface area contributed by atoms with Crippen LogP contribution in [0.3, 0.4) is 0 Å². The molecule has 0 saturated heterocycles. The van der Waals surface area contributed by atoms with Crippen LogP contribution >= 0.6 is 12.2 Å². The normalized spacial score (nSPS) is 11.0. The highest BCUT2D eigenvalue weighted by Gasteiger charge is 2.10. The summed E-state index contributed by atoms with van der Waals surface area (Å²) in [5, 5.41) is 14.3. The summed E-state index contributed by atoms with van der Waals surface area (Å²) < 4.78 is 6.71. The summed E-state index contributed by atoms with van der Waals surface area (Å²) in [5.74, 6) is -0.0334. The lowest BCUT2D eigenvalue weighted by Crippen LogP contribution is -1.87. The van der Waals surface area contributed by atoms with Crippen LogP contribution in [0.4, 0.5) is 5.88 Å². The molecule has 16 heavy (non-hydrogen) atoms. The number of hydrogen-bond acceptors (Lipinski definition) is 5. The van der Waals surface area contributed by atoms with Crippen LogP contribution in [0.25, 0.3) is 0 Å². The zero-order chi connectivity index (χ0) is 11.5. The molecule has 0 atom stereocenters. The van der Waals surface area contributed by atoms with Crippen molar-refractivity contribution in [2.45, 2.75) is 0 Å². The van der Waals surface area contributed by atoms with E-state index in [0.717, 1.165) is 0 Å². The van der Waals surface area contributed by atoms with E-state index >= 15 is 0 Å². The largest absolute Gasteiger partial charge is 0.433 e. The third kappa shape index (κ3) is 2.06. The Morgan fingerprint density at radius 3 is 3.00 bits per heavy atom. The minimum absolute atomic E-state index is 0.287. The molecule has 2 rings (SSSR count). The van der Waals surface area contributed by atoms with Crippen LogP contribution in [0.1, 0.15) is 5.76 Å². The van der Waals surface area contributed by atoms with Gasteiger partial charge in [0.2, 0.25) is 0 Å². The smallest absolute Gasteiger partial charge is 0.400 e. The molecule has 2 aromatic heterocycles. The predicted octanol–water partition coefficient (Wildman–Crippen LogP) is 1.93. The Balaban J connectivity index is 2.21. The number of nitrogens with one attached hydrogen (secondary N) is 1. The Morgan fingerprint density at radius 1 is 1.62 bits per heavy atom. The van der Waals surface area contributed by atoms with Crippen molar-refractivity contribution >= 4 is 24.3 Å². The average molecular weight is 238 g/mol. The number of nitro groups is 1. The number of aromatic nitrogens is 2. The van der Waals surface area contributed by atoms with E-state index in [2.05, 4.69) is 10.1 Å². The van der Waals surface area contributed by atoms with Gasteiger partial charge in [0.1, 0.15) is 4.92 Å². The Labute approximate surface area is 94.2 Å². The molecule has 0 aromatic carbocycles. The van der Waals surface area contributed by atoms with E-state index in [-0.39, 0.29) is 11.6 Å². The van der Waals surface area contributed by atoms with E-state index in [1.165, 1.54) is 23.0 Å². The summed E-state index contributed by atoms with van der Waals surface area (Å²) >= 11 is 4.90. The molecule has 7 nitrogen and oxygen atoms in total. The summed E-state index contributed by atoms with van der Waals surface area (Å²) in [5.41, 5.74) is 0. The molecule has 2 heterocycles. The van der Waals surface area contributed by atoms with Gasteiger partial charge in [-0.25, -0.2) is 4.68 Å². The molecule has 1 N–H and O–H groups in total. The lowest BCUT2D eigenvalue weighted by Gasteiger charge is -1.88. The maximum Gasteiger partial charge on any atom is 0.433 e. The van der Waals surface area contributed by atoms with Gasteiger partial charge in [0.15, 0.2) is 10.5 Å². The molecule has 0 aliphatic rings. The third-order valence-corrected chi connectivity index (χ3v) is 2.04. The molecule has 0 aliphatic heterocycles. The van der Waals surface area contributed by atoms with Crippen molar-refractivity contribution in [2.75, 3.05) is 0 Å².